The third-order valence-corrected chi connectivity index (χ3v) is 3.59. The van der Waals surface area contributed by atoms with Crippen LogP contribution in [0.5, 0.6) is 5.75 Å². The van der Waals surface area contributed by atoms with Gasteiger partial charge in [0.25, 0.3) is 5.91 Å². The van der Waals surface area contributed by atoms with Gasteiger partial charge in [-0.3, -0.25) is 4.79 Å². The number of nitrogens with one attached hydrogen (secondary N) is 1. The zero-order valence-corrected chi connectivity index (χ0v) is 15.7. The minimum absolute atomic E-state index is 0.245. The monoisotopic (exact) mass is 346 g/mol. The lowest BCUT2D eigenvalue weighted by Gasteiger charge is -2.25. The molecule has 1 heterocycles. The summed E-state index contributed by atoms with van der Waals surface area (Å²) in [6, 6.07) is 7.59. The molecule has 2 rings (SSSR count). The van der Waals surface area contributed by atoms with Crippen LogP contribution in [0.3, 0.4) is 0 Å². The maximum Gasteiger partial charge on any atom is 0.261 e. The van der Waals surface area contributed by atoms with Crippen LogP contribution in [0.2, 0.25) is 0 Å². The van der Waals surface area contributed by atoms with Crippen LogP contribution in [0, 0.1) is 6.92 Å². The van der Waals surface area contributed by atoms with Gasteiger partial charge in [0.1, 0.15) is 5.75 Å². The molecule has 2 aromatic rings. The van der Waals surface area contributed by atoms with Crippen LogP contribution in [0.25, 0.3) is 0 Å². The van der Waals surface area contributed by atoms with E-state index in [2.05, 4.69) is 15.5 Å². The normalized spacial score (nSPS) is 12.9. The quantitative estimate of drug-likeness (QED) is 0.828. The second kappa shape index (κ2) is 7.65. The Hall–Kier alpha value is -2.41. The highest BCUT2D eigenvalue weighted by atomic mass is 16.5. The predicted molar refractivity (Wildman–Crippen MR) is 94.1 cm³/mol. The summed E-state index contributed by atoms with van der Waals surface area (Å²) < 4.78 is 10.9. The van der Waals surface area contributed by atoms with Gasteiger partial charge in [-0.2, -0.15) is 4.98 Å². The molecule has 0 spiro atoms. The van der Waals surface area contributed by atoms with E-state index in [1.54, 1.807) is 6.92 Å². The highest BCUT2D eigenvalue weighted by Gasteiger charge is 2.31. The number of benzene rings is 1. The Labute approximate surface area is 148 Å². The molecule has 0 saturated heterocycles. The molecule has 1 aromatic heterocycles. The molecule has 0 fully saturated rings. The van der Waals surface area contributed by atoms with Gasteiger partial charge >= 0.3 is 0 Å². The topological polar surface area (TPSA) is 80.5 Å². The lowest BCUT2D eigenvalue weighted by atomic mass is 10.0. The highest BCUT2D eigenvalue weighted by molar-refractivity contribution is 5.81. The van der Waals surface area contributed by atoms with E-state index in [4.69, 9.17) is 9.26 Å². The largest absolute Gasteiger partial charge is 0.481 e. The van der Waals surface area contributed by atoms with Crippen LogP contribution in [0.15, 0.2) is 28.8 Å². The number of aryl methyl sites for hydroxylation is 1. The van der Waals surface area contributed by atoms with Crippen molar-refractivity contribution >= 4 is 5.91 Å². The number of hydrogen-bond acceptors (Lipinski definition) is 6. The smallest absolute Gasteiger partial charge is 0.261 e. The van der Waals surface area contributed by atoms with Gasteiger partial charge in [-0.05, 0) is 59.5 Å². The summed E-state index contributed by atoms with van der Waals surface area (Å²) in [6.45, 7) is 7.89. The number of aromatic nitrogens is 2. The van der Waals surface area contributed by atoms with Crippen molar-refractivity contribution < 1.29 is 14.1 Å². The van der Waals surface area contributed by atoms with Crippen LogP contribution in [0.1, 0.15) is 38.0 Å². The average Bonchev–Trinajstić information content (AvgIpc) is 2.95. The van der Waals surface area contributed by atoms with E-state index < -0.39 is 11.6 Å². The summed E-state index contributed by atoms with van der Waals surface area (Å²) in [4.78, 5) is 18.8. The maximum atomic E-state index is 12.5. The Morgan fingerprint density at radius 2 is 2.12 bits per heavy atom. The van der Waals surface area contributed by atoms with Gasteiger partial charge in [0.2, 0.25) is 5.89 Å². The van der Waals surface area contributed by atoms with Gasteiger partial charge in [-0.15, -0.1) is 0 Å². The molecule has 0 aliphatic rings. The molecule has 7 heteroatoms. The van der Waals surface area contributed by atoms with E-state index in [1.807, 2.05) is 64.0 Å². The number of amides is 1. The van der Waals surface area contributed by atoms with Gasteiger partial charge in [0, 0.05) is 0 Å². The number of carbonyl (C=O) groups excluding carboxylic acids is 1. The second-order valence-electron chi connectivity index (χ2n) is 6.94. The molecule has 1 atom stereocenters. The van der Waals surface area contributed by atoms with Crippen molar-refractivity contribution in [2.45, 2.75) is 45.9 Å². The number of carbonyl (C=O) groups is 1. The average molecular weight is 346 g/mol. The Morgan fingerprint density at radius 3 is 2.76 bits per heavy atom. The predicted octanol–water partition coefficient (Wildman–Crippen LogP) is 2.26. The molecule has 0 bridgehead atoms. The Balaban J connectivity index is 2.00. The third-order valence-electron chi connectivity index (χ3n) is 3.59. The molecule has 0 radical (unpaired) electrons. The van der Waals surface area contributed by atoms with Crippen molar-refractivity contribution in [2.24, 2.45) is 0 Å². The maximum absolute atomic E-state index is 12.5. The van der Waals surface area contributed by atoms with Crippen molar-refractivity contribution in [3.05, 3.63) is 41.5 Å². The summed E-state index contributed by atoms with van der Waals surface area (Å²) in [6.07, 6.45) is -0.644. The van der Waals surface area contributed by atoms with Crippen LogP contribution in [0.4, 0.5) is 0 Å². The summed E-state index contributed by atoms with van der Waals surface area (Å²) >= 11 is 0. The summed E-state index contributed by atoms with van der Waals surface area (Å²) in [5.41, 5.74) is 0.306. The van der Waals surface area contributed by atoms with Gasteiger partial charge in [0.05, 0.1) is 12.1 Å². The fraction of sp³-hybridized carbons (Fsp3) is 0.500. The Morgan fingerprint density at radius 1 is 1.40 bits per heavy atom. The molecule has 1 N–H and O–H groups in total. The minimum atomic E-state index is -0.768. The second-order valence-corrected chi connectivity index (χ2v) is 6.94. The van der Waals surface area contributed by atoms with Gasteiger partial charge in [-0.25, -0.2) is 0 Å². The molecule has 0 aliphatic heterocycles. The number of hydrogen-bond donors (Lipinski definition) is 1. The van der Waals surface area contributed by atoms with E-state index >= 15 is 0 Å². The van der Waals surface area contributed by atoms with Crippen LogP contribution in [-0.2, 0) is 16.9 Å². The number of ether oxygens (including phenoxy) is 1. The minimum Gasteiger partial charge on any atom is -0.481 e. The van der Waals surface area contributed by atoms with E-state index in [0.29, 0.717) is 24.0 Å². The lowest BCUT2D eigenvalue weighted by Crippen LogP contribution is -2.47. The molecule has 1 aromatic carbocycles. The number of nitrogens with zero attached hydrogens (tertiary/aromatic N) is 3. The van der Waals surface area contributed by atoms with Crippen LogP contribution in [-0.4, -0.2) is 41.1 Å². The summed E-state index contributed by atoms with van der Waals surface area (Å²) in [5.74, 6) is 1.35. The molecular formula is C18H26N4O3. The Bertz CT molecular complexity index is 725. The first-order valence-corrected chi connectivity index (χ1v) is 8.20. The molecule has 0 aliphatic carbocycles. The van der Waals surface area contributed by atoms with Crippen LogP contribution >= 0.6 is 0 Å². The molecule has 7 nitrogen and oxygen atoms in total. The molecule has 25 heavy (non-hydrogen) atoms. The highest BCUT2D eigenvalue weighted by Crippen LogP contribution is 2.19. The van der Waals surface area contributed by atoms with E-state index in [-0.39, 0.29) is 5.91 Å². The molecule has 0 saturated carbocycles. The van der Waals surface area contributed by atoms with Crippen molar-refractivity contribution in [3.63, 3.8) is 0 Å². The van der Waals surface area contributed by atoms with Crippen molar-refractivity contribution in [2.75, 3.05) is 14.1 Å². The zero-order valence-electron chi connectivity index (χ0n) is 15.7. The van der Waals surface area contributed by atoms with Crippen molar-refractivity contribution in [1.82, 2.24) is 20.4 Å². The van der Waals surface area contributed by atoms with Crippen LogP contribution < -0.4 is 10.1 Å². The summed E-state index contributed by atoms with van der Waals surface area (Å²) in [7, 11) is 3.84. The first-order valence-electron chi connectivity index (χ1n) is 8.20. The molecular weight excluding hydrogens is 320 g/mol. The first-order chi connectivity index (χ1) is 11.7. The molecule has 1 unspecified atom stereocenters. The summed E-state index contributed by atoms with van der Waals surface area (Å²) in [5, 5.41) is 6.89. The fourth-order valence-electron chi connectivity index (χ4n) is 2.26. The first kappa shape index (κ1) is 18.9. The van der Waals surface area contributed by atoms with Gasteiger partial charge < -0.3 is 19.5 Å². The zero-order chi connectivity index (χ0) is 18.6. The van der Waals surface area contributed by atoms with E-state index in [0.717, 1.165) is 5.56 Å². The third kappa shape index (κ3) is 5.29. The molecule has 1 amide bonds. The lowest BCUT2D eigenvalue weighted by molar-refractivity contribution is -0.129. The Kier molecular flexibility index (Phi) is 5.79. The number of rotatable bonds is 7. The fourth-order valence-corrected chi connectivity index (χ4v) is 2.26. The van der Waals surface area contributed by atoms with Gasteiger partial charge in [0.15, 0.2) is 11.9 Å². The van der Waals surface area contributed by atoms with Gasteiger partial charge in [-0.1, -0.05) is 17.3 Å². The SMILES string of the molecule is Cc1cccc(OC(C)C(=O)NC(C)(C)c2noc(CN(C)C)n2)c1. The standard InChI is InChI=1S/C18H26N4O3/c1-12-8-7-9-14(10-12)24-13(2)16(23)20-18(3,4)17-19-15(25-21-17)11-22(5)6/h7-10,13H,11H2,1-6H3,(H,20,23). The van der Waals surface area contributed by atoms with E-state index in [9.17, 15) is 4.79 Å². The van der Waals surface area contributed by atoms with E-state index in [1.165, 1.54) is 0 Å². The van der Waals surface area contributed by atoms with Crippen molar-refractivity contribution in [1.29, 1.82) is 0 Å². The molecule has 136 valence electrons. The van der Waals surface area contributed by atoms with Crippen molar-refractivity contribution in [3.8, 4) is 5.75 Å².